The van der Waals surface area contributed by atoms with Gasteiger partial charge in [0.05, 0.1) is 13.5 Å². The minimum atomic E-state index is -0.310. The summed E-state index contributed by atoms with van der Waals surface area (Å²) in [6.07, 6.45) is 0.202. The van der Waals surface area contributed by atoms with Crippen molar-refractivity contribution in [2.45, 2.75) is 19.3 Å². The molecule has 0 bridgehead atoms. The smallest absolute Gasteiger partial charge is 0.306 e. The third kappa shape index (κ3) is 3.32. The van der Waals surface area contributed by atoms with Gasteiger partial charge in [-0.1, -0.05) is 24.6 Å². The molecular formula is C13H13ClN2O3. The molecule has 0 aliphatic carbocycles. The van der Waals surface area contributed by atoms with Crippen LogP contribution in [0.4, 0.5) is 0 Å². The maximum atomic E-state index is 11.2. The summed E-state index contributed by atoms with van der Waals surface area (Å²) in [5, 5.41) is 8.49. The normalized spacial score (nSPS) is 12.2. The minimum absolute atomic E-state index is 0.187. The second-order valence-electron chi connectivity index (χ2n) is 4.14. The van der Waals surface area contributed by atoms with Crippen molar-refractivity contribution >= 4 is 17.6 Å². The zero-order valence-corrected chi connectivity index (χ0v) is 11.3. The van der Waals surface area contributed by atoms with Gasteiger partial charge in [0.1, 0.15) is 0 Å². The van der Waals surface area contributed by atoms with Crippen LogP contribution in [0, 0.1) is 0 Å². The molecule has 0 aliphatic heterocycles. The zero-order valence-electron chi connectivity index (χ0n) is 10.6. The number of benzene rings is 1. The Morgan fingerprint density at radius 2 is 2.26 bits per heavy atom. The Bertz CT molecular complexity index is 583. The molecule has 5 nitrogen and oxygen atoms in total. The molecule has 1 aromatic heterocycles. The first-order chi connectivity index (χ1) is 9.10. The molecule has 2 rings (SSSR count). The average Bonchev–Trinajstić information content (AvgIpc) is 2.88. The molecule has 19 heavy (non-hydrogen) atoms. The van der Waals surface area contributed by atoms with E-state index in [2.05, 4.69) is 14.9 Å². The molecular weight excluding hydrogens is 268 g/mol. The molecule has 1 aromatic carbocycles. The van der Waals surface area contributed by atoms with Crippen LogP contribution in [0.15, 0.2) is 28.7 Å². The number of rotatable bonds is 4. The Morgan fingerprint density at radius 1 is 1.47 bits per heavy atom. The first kappa shape index (κ1) is 13.5. The van der Waals surface area contributed by atoms with Gasteiger partial charge in [-0.3, -0.25) is 4.79 Å². The number of carbonyl (C=O) groups is 1. The molecule has 0 N–H and O–H groups in total. The van der Waals surface area contributed by atoms with Crippen LogP contribution in [0.25, 0.3) is 11.5 Å². The minimum Gasteiger partial charge on any atom is -0.469 e. The Hall–Kier alpha value is -1.88. The highest BCUT2D eigenvalue weighted by Crippen LogP contribution is 2.25. The highest BCUT2D eigenvalue weighted by molar-refractivity contribution is 6.30. The maximum absolute atomic E-state index is 11.2. The molecule has 1 atom stereocenters. The van der Waals surface area contributed by atoms with E-state index in [9.17, 15) is 4.79 Å². The summed E-state index contributed by atoms with van der Waals surface area (Å²) in [5.41, 5.74) is 0.747. The molecule has 0 fully saturated rings. The van der Waals surface area contributed by atoms with Crippen LogP contribution in [0.3, 0.4) is 0 Å². The molecule has 2 aromatic rings. The topological polar surface area (TPSA) is 65.2 Å². The lowest BCUT2D eigenvalue weighted by Gasteiger charge is -2.03. The second-order valence-corrected chi connectivity index (χ2v) is 4.57. The van der Waals surface area contributed by atoms with E-state index in [0.717, 1.165) is 5.56 Å². The summed E-state index contributed by atoms with van der Waals surface area (Å²) in [6, 6.07) is 7.14. The van der Waals surface area contributed by atoms with E-state index in [-0.39, 0.29) is 18.3 Å². The van der Waals surface area contributed by atoms with Crippen molar-refractivity contribution < 1.29 is 13.9 Å². The number of hydrogen-bond acceptors (Lipinski definition) is 5. The van der Waals surface area contributed by atoms with Crippen LogP contribution in [-0.2, 0) is 9.53 Å². The molecule has 6 heteroatoms. The van der Waals surface area contributed by atoms with Gasteiger partial charge in [0.15, 0.2) is 0 Å². The van der Waals surface area contributed by atoms with E-state index in [1.54, 1.807) is 18.2 Å². The Balaban J connectivity index is 2.17. The van der Waals surface area contributed by atoms with Gasteiger partial charge in [-0.25, -0.2) is 0 Å². The van der Waals surface area contributed by atoms with E-state index in [0.29, 0.717) is 16.8 Å². The number of ether oxygens (including phenoxy) is 1. The third-order valence-electron chi connectivity index (χ3n) is 2.63. The van der Waals surface area contributed by atoms with E-state index in [4.69, 9.17) is 16.0 Å². The molecule has 0 amide bonds. The van der Waals surface area contributed by atoms with Gasteiger partial charge >= 0.3 is 5.97 Å². The van der Waals surface area contributed by atoms with Crippen molar-refractivity contribution in [2.75, 3.05) is 7.11 Å². The molecule has 100 valence electrons. The monoisotopic (exact) mass is 280 g/mol. The summed E-state index contributed by atoms with van der Waals surface area (Å²) in [4.78, 5) is 11.2. The molecule has 0 radical (unpaired) electrons. The zero-order chi connectivity index (χ0) is 13.8. The van der Waals surface area contributed by atoms with Gasteiger partial charge in [0, 0.05) is 16.5 Å². The molecule has 0 saturated carbocycles. The van der Waals surface area contributed by atoms with Gasteiger partial charge in [-0.05, 0) is 18.2 Å². The number of aromatic nitrogens is 2. The third-order valence-corrected chi connectivity index (χ3v) is 2.87. The van der Waals surface area contributed by atoms with Crippen molar-refractivity contribution in [3.05, 3.63) is 35.2 Å². The summed E-state index contributed by atoms with van der Waals surface area (Å²) >= 11 is 5.90. The van der Waals surface area contributed by atoms with E-state index in [1.165, 1.54) is 7.11 Å². The van der Waals surface area contributed by atoms with E-state index >= 15 is 0 Å². The van der Waals surface area contributed by atoms with Gasteiger partial charge in [0.2, 0.25) is 11.8 Å². The summed E-state index contributed by atoms with van der Waals surface area (Å²) in [6.45, 7) is 1.83. The van der Waals surface area contributed by atoms with Crippen LogP contribution in [0.1, 0.15) is 25.2 Å². The second kappa shape index (κ2) is 5.84. The number of halogens is 1. The van der Waals surface area contributed by atoms with Crippen LogP contribution < -0.4 is 0 Å². The fourth-order valence-corrected chi connectivity index (χ4v) is 1.78. The lowest BCUT2D eigenvalue weighted by molar-refractivity contribution is -0.141. The molecule has 0 aliphatic rings. The standard InChI is InChI=1S/C13H13ClN2O3/c1-8(6-11(17)18-2)12-15-16-13(19-12)9-4-3-5-10(14)7-9/h3-5,7-8H,6H2,1-2H3. The van der Waals surface area contributed by atoms with Crippen LogP contribution in [-0.4, -0.2) is 23.3 Å². The first-order valence-corrected chi connectivity index (χ1v) is 6.14. The Kier molecular flexibility index (Phi) is 4.16. The average molecular weight is 281 g/mol. The summed E-state index contributed by atoms with van der Waals surface area (Å²) in [5.74, 6) is 0.289. The maximum Gasteiger partial charge on any atom is 0.306 e. The Labute approximate surface area is 115 Å². The predicted octanol–water partition coefficient (Wildman–Crippen LogP) is 3.06. The SMILES string of the molecule is COC(=O)CC(C)c1nnc(-c2cccc(Cl)c2)o1. The fourth-order valence-electron chi connectivity index (χ4n) is 1.59. The molecule has 0 spiro atoms. The number of carbonyl (C=O) groups excluding carboxylic acids is 1. The van der Waals surface area contributed by atoms with Crippen molar-refractivity contribution in [1.82, 2.24) is 10.2 Å². The number of esters is 1. The lowest BCUT2D eigenvalue weighted by Crippen LogP contribution is -2.06. The largest absolute Gasteiger partial charge is 0.469 e. The molecule has 1 heterocycles. The highest BCUT2D eigenvalue weighted by Gasteiger charge is 2.18. The van der Waals surface area contributed by atoms with Crippen molar-refractivity contribution in [3.63, 3.8) is 0 Å². The molecule has 0 saturated heterocycles. The van der Waals surface area contributed by atoms with Crippen LogP contribution in [0.5, 0.6) is 0 Å². The molecule has 1 unspecified atom stereocenters. The predicted molar refractivity (Wildman–Crippen MR) is 69.8 cm³/mol. The number of nitrogens with zero attached hydrogens (tertiary/aromatic N) is 2. The van der Waals surface area contributed by atoms with Crippen LogP contribution in [0.2, 0.25) is 5.02 Å². The number of hydrogen-bond donors (Lipinski definition) is 0. The van der Waals surface area contributed by atoms with E-state index < -0.39 is 0 Å². The van der Waals surface area contributed by atoms with Crippen molar-refractivity contribution in [2.24, 2.45) is 0 Å². The lowest BCUT2D eigenvalue weighted by atomic mass is 10.1. The Morgan fingerprint density at radius 3 is 2.95 bits per heavy atom. The van der Waals surface area contributed by atoms with Gasteiger partial charge in [-0.2, -0.15) is 0 Å². The van der Waals surface area contributed by atoms with Crippen molar-refractivity contribution in [1.29, 1.82) is 0 Å². The summed E-state index contributed by atoms with van der Waals surface area (Å²) < 4.78 is 10.1. The van der Waals surface area contributed by atoms with Gasteiger partial charge < -0.3 is 9.15 Å². The van der Waals surface area contributed by atoms with Crippen molar-refractivity contribution in [3.8, 4) is 11.5 Å². The van der Waals surface area contributed by atoms with Gasteiger partial charge in [0.25, 0.3) is 0 Å². The number of methoxy groups -OCH3 is 1. The fraction of sp³-hybridized carbons (Fsp3) is 0.308. The van der Waals surface area contributed by atoms with Gasteiger partial charge in [-0.15, -0.1) is 10.2 Å². The highest BCUT2D eigenvalue weighted by atomic mass is 35.5. The summed E-state index contributed by atoms with van der Waals surface area (Å²) in [7, 11) is 1.35. The van der Waals surface area contributed by atoms with Crippen LogP contribution >= 0.6 is 11.6 Å². The first-order valence-electron chi connectivity index (χ1n) is 5.76. The quantitative estimate of drug-likeness (QED) is 0.805. The van der Waals surface area contributed by atoms with E-state index in [1.807, 2.05) is 13.0 Å².